The minimum absolute atomic E-state index is 0.230. The molecule has 3 fully saturated rings. The van der Waals surface area contributed by atoms with Gasteiger partial charge in [-0.05, 0) is 97.4 Å². The van der Waals surface area contributed by atoms with Crippen LogP contribution in [0, 0.1) is 52.3 Å². The van der Waals surface area contributed by atoms with Crippen LogP contribution in [0.1, 0.15) is 106 Å². The van der Waals surface area contributed by atoms with Gasteiger partial charge >= 0.3 is 0 Å². The molecule has 29 heavy (non-hydrogen) atoms. The predicted molar refractivity (Wildman–Crippen MR) is 123 cm³/mol. The van der Waals surface area contributed by atoms with Crippen LogP contribution in [0.4, 0.5) is 0 Å². The lowest BCUT2D eigenvalue weighted by molar-refractivity contribution is -0.122. The van der Waals surface area contributed by atoms with E-state index in [9.17, 15) is 4.79 Å². The van der Waals surface area contributed by atoms with Gasteiger partial charge in [0.2, 0.25) is 0 Å². The fourth-order valence-corrected chi connectivity index (χ4v) is 8.92. The summed E-state index contributed by atoms with van der Waals surface area (Å²) in [5.74, 6) is 5.97. The lowest BCUT2D eigenvalue weighted by atomic mass is 9.46. The van der Waals surface area contributed by atoms with E-state index in [4.69, 9.17) is 0 Å². The Hall–Kier alpha value is -0.590. The Morgan fingerprint density at radius 2 is 1.79 bits per heavy atom. The molecule has 0 radical (unpaired) electrons. The summed E-state index contributed by atoms with van der Waals surface area (Å²) >= 11 is 0. The third kappa shape index (κ3) is 3.57. The van der Waals surface area contributed by atoms with Crippen LogP contribution in [0.2, 0.25) is 0 Å². The van der Waals surface area contributed by atoms with Crippen molar-refractivity contribution in [3.8, 4) is 0 Å². The van der Waals surface area contributed by atoms with Gasteiger partial charge in [0.15, 0.2) is 5.78 Å². The summed E-state index contributed by atoms with van der Waals surface area (Å²) in [5.41, 5.74) is 2.40. The van der Waals surface area contributed by atoms with Gasteiger partial charge in [-0.25, -0.2) is 0 Å². The highest BCUT2D eigenvalue weighted by atomic mass is 16.1. The van der Waals surface area contributed by atoms with Crippen molar-refractivity contribution >= 4 is 5.78 Å². The van der Waals surface area contributed by atoms with Gasteiger partial charge in [-0.2, -0.15) is 0 Å². The van der Waals surface area contributed by atoms with E-state index >= 15 is 0 Å². The first kappa shape index (κ1) is 21.6. The Labute approximate surface area is 180 Å². The van der Waals surface area contributed by atoms with Crippen molar-refractivity contribution in [1.82, 2.24) is 0 Å². The largest absolute Gasteiger partial charge is 0.295 e. The van der Waals surface area contributed by atoms with E-state index < -0.39 is 0 Å². The van der Waals surface area contributed by atoms with Crippen LogP contribution >= 0.6 is 0 Å². The van der Waals surface area contributed by atoms with Crippen LogP contribution < -0.4 is 0 Å². The van der Waals surface area contributed by atoms with Gasteiger partial charge < -0.3 is 0 Å². The van der Waals surface area contributed by atoms with Gasteiger partial charge in [0, 0.05) is 5.92 Å². The summed E-state index contributed by atoms with van der Waals surface area (Å²) in [6, 6.07) is 0. The average molecular weight is 399 g/mol. The molecule has 0 aromatic rings. The SMILES string of the molecule is CC(C)CCC[C@@H](C)[C@H]1CC[C@H]2[C@@H]3CCC4=CC(=O)[C@H](C)C[C@]4(C)[C@H]3CC[C@]12C. The standard InChI is InChI=1S/C28H46O/c1-18(2)8-7-9-19(3)23-12-13-24-22-11-10-21-16-26(29)20(4)17-28(21,6)25(22)14-15-27(23,24)5/h16,18-20,22-25H,7-15,17H2,1-6H3/t19-,20-,22+,23-,24+,25+,27-,28+/m1/s1. The first-order valence-corrected chi connectivity index (χ1v) is 12.9. The molecule has 1 nitrogen and oxygen atoms in total. The molecule has 4 aliphatic carbocycles. The molecule has 4 aliphatic rings. The van der Waals surface area contributed by atoms with E-state index in [0.717, 1.165) is 41.9 Å². The van der Waals surface area contributed by atoms with E-state index in [-0.39, 0.29) is 5.92 Å². The molecule has 0 aromatic carbocycles. The predicted octanol–water partition coefficient (Wildman–Crippen LogP) is 7.84. The zero-order chi connectivity index (χ0) is 21.0. The molecular weight excluding hydrogens is 352 g/mol. The quantitative estimate of drug-likeness (QED) is 0.461. The van der Waals surface area contributed by atoms with Crippen LogP contribution in [0.15, 0.2) is 11.6 Å². The van der Waals surface area contributed by atoms with Gasteiger partial charge in [0.1, 0.15) is 0 Å². The third-order valence-electron chi connectivity index (χ3n) is 10.5. The molecule has 0 bridgehead atoms. The Bertz CT molecular complexity index is 659. The molecule has 3 saturated carbocycles. The molecule has 0 saturated heterocycles. The minimum atomic E-state index is 0.230. The number of fused-ring (bicyclic) bond motifs is 5. The van der Waals surface area contributed by atoms with Crippen molar-refractivity contribution in [3.05, 3.63) is 11.6 Å². The van der Waals surface area contributed by atoms with Crippen LogP contribution in [0.3, 0.4) is 0 Å². The van der Waals surface area contributed by atoms with Crippen molar-refractivity contribution in [1.29, 1.82) is 0 Å². The van der Waals surface area contributed by atoms with Gasteiger partial charge in [-0.1, -0.05) is 66.4 Å². The van der Waals surface area contributed by atoms with Gasteiger partial charge in [-0.3, -0.25) is 4.79 Å². The van der Waals surface area contributed by atoms with E-state index in [1.807, 2.05) is 0 Å². The maximum Gasteiger partial charge on any atom is 0.158 e. The molecule has 8 atom stereocenters. The number of hydrogen-bond acceptors (Lipinski definition) is 1. The maximum atomic E-state index is 12.4. The molecule has 0 heterocycles. The third-order valence-corrected chi connectivity index (χ3v) is 10.5. The first-order valence-electron chi connectivity index (χ1n) is 12.9. The summed E-state index contributed by atoms with van der Waals surface area (Å²) in [5, 5.41) is 0. The molecule has 0 aromatic heterocycles. The lowest BCUT2D eigenvalue weighted by Crippen LogP contribution is -2.51. The van der Waals surface area contributed by atoms with E-state index in [1.54, 1.807) is 0 Å². The molecular formula is C28H46O. The van der Waals surface area contributed by atoms with Crippen LogP contribution in [0.5, 0.6) is 0 Å². The van der Waals surface area contributed by atoms with Gasteiger partial charge in [0.25, 0.3) is 0 Å². The van der Waals surface area contributed by atoms with Crippen LogP contribution in [-0.2, 0) is 4.79 Å². The number of ketones is 1. The number of carbonyl (C=O) groups excluding carboxylic acids is 1. The Balaban J connectivity index is 1.51. The molecule has 164 valence electrons. The second-order valence-corrected chi connectivity index (χ2v) is 12.5. The number of hydrogen-bond donors (Lipinski definition) is 0. The topological polar surface area (TPSA) is 17.1 Å². The number of allylic oxidation sites excluding steroid dienone is 1. The number of rotatable bonds is 5. The normalized spacial score (nSPS) is 45.4. The van der Waals surface area contributed by atoms with Gasteiger partial charge in [-0.15, -0.1) is 0 Å². The monoisotopic (exact) mass is 398 g/mol. The zero-order valence-corrected chi connectivity index (χ0v) is 20.1. The number of carbonyl (C=O) groups is 1. The Kier molecular flexibility index (Phi) is 5.84. The van der Waals surface area contributed by atoms with E-state index in [0.29, 0.717) is 16.6 Å². The highest BCUT2D eigenvalue weighted by Crippen LogP contribution is 2.67. The summed E-state index contributed by atoms with van der Waals surface area (Å²) in [6.07, 6.45) is 15.8. The zero-order valence-electron chi connectivity index (χ0n) is 20.1. The molecule has 1 heteroatoms. The van der Waals surface area contributed by atoms with Crippen molar-refractivity contribution < 1.29 is 4.79 Å². The second-order valence-electron chi connectivity index (χ2n) is 12.5. The summed E-state index contributed by atoms with van der Waals surface area (Å²) in [4.78, 5) is 12.4. The average Bonchev–Trinajstić information content (AvgIpc) is 3.00. The van der Waals surface area contributed by atoms with E-state index in [2.05, 4.69) is 47.6 Å². The molecule has 4 rings (SSSR count). The van der Waals surface area contributed by atoms with Crippen molar-refractivity contribution in [3.63, 3.8) is 0 Å². The minimum Gasteiger partial charge on any atom is -0.295 e. The highest BCUT2D eigenvalue weighted by Gasteiger charge is 2.59. The van der Waals surface area contributed by atoms with Crippen molar-refractivity contribution in [2.24, 2.45) is 52.3 Å². The summed E-state index contributed by atoms with van der Waals surface area (Å²) < 4.78 is 0. The van der Waals surface area contributed by atoms with E-state index in [1.165, 1.54) is 63.4 Å². The van der Waals surface area contributed by atoms with Crippen LogP contribution in [-0.4, -0.2) is 5.78 Å². The highest BCUT2D eigenvalue weighted by molar-refractivity contribution is 5.93. The molecule has 0 aliphatic heterocycles. The first-order chi connectivity index (χ1) is 13.7. The van der Waals surface area contributed by atoms with Crippen molar-refractivity contribution in [2.75, 3.05) is 0 Å². The van der Waals surface area contributed by atoms with Gasteiger partial charge in [0.05, 0.1) is 0 Å². The summed E-state index contributed by atoms with van der Waals surface area (Å²) in [6.45, 7) is 14.7. The molecule has 0 N–H and O–H groups in total. The maximum absolute atomic E-state index is 12.4. The second kappa shape index (κ2) is 7.83. The van der Waals surface area contributed by atoms with Crippen molar-refractivity contribution in [2.45, 2.75) is 106 Å². The molecule has 0 amide bonds. The van der Waals surface area contributed by atoms with Crippen LogP contribution in [0.25, 0.3) is 0 Å². The summed E-state index contributed by atoms with van der Waals surface area (Å²) in [7, 11) is 0. The Morgan fingerprint density at radius 3 is 2.52 bits per heavy atom. The lowest BCUT2D eigenvalue weighted by Gasteiger charge is -2.59. The fourth-order valence-electron chi connectivity index (χ4n) is 8.92. The smallest absolute Gasteiger partial charge is 0.158 e. The molecule has 0 spiro atoms. The Morgan fingerprint density at radius 1 is 1.03 bits per heavy atom. The molecule has 0 unspecified atom stereocenters. The fraction of sp³-hybridized carbons (Fsp3) is 0.893.